The van der Waals surface area contributed by atoms with E-state index in [4.69, 9.17) is 4.52 Å². The molecule has 1 aliphatic heterocycles. The minimum absolute atomic E-state index is 0.0228. The molecule has 2 amide bonds. The van der Waals surface area contributed by atoms with Gasteiger partial charge in [0.25, 0.3) is 5.91 Å². The maximum absolute atomic E-state index is 12.9. The molecule has 4 rings (SSSR count). The lowest BCUT2D eigenvalue weighted by Gasteiger charge is -2.31. The number of likely N-dealkylation sites (tertiary alicyclic amines) is 1. The number of aromatic nitrogens is 2. The molecule has 2 heterocycles. The van der Waals surface area contributed by atoms with Gasteiger partial charge in [0, 0.05) is 42.7 Å². The van der Waals surface area contributed by atoms with Crippen molar-refractivity contribution in [3.05, 3.63) is 65.5 Å². The van der Waals surface area contributed by atoms with E-state index >= 15 is 0 Å². The van der Waals surface area contributed by atoms with Crippen LogP contribution >= 0.6 is 0 Å². The third-order valence-corrected chi connectivity index (χ3v) is 5.67. The summed E-state index contributed by atoms with van der Waals surface area (Å²) >= 11 is 0. The van der Waals surface area contributed by atoms with E-state index in [1.807, 2.05) is 35.2 Å². The van der Waals surface area contributed by atoms with Crippen molar-refractivity contribution in [2.45, 2.75) is 33.1 Å². The SMILES string of the molecule is CCc1cccc(NC(=O)C2CCN(C(=O)c3ccc(-c4noc(C)n4)cc3)CC2)c1. The van der Waals surface area contributed by atoms with Gasteiger partial charge in [0.1, 0.15) is 0 Å². The van der Waals surface area contributed by atoms with E-state index < -0.39 is 0 Å². The van der Waals surface area contributed by atoms with Crippen LogP contribution < -0.4 is 5.32 Å². The molecule has 7 nitrogen and oxygen atoms in total. The van der Waals surface area contributed by atoms with Gasteiger partial charge in [-0.2, -0.15) is 4.98 Å². The normalized spacial score (nSPS) is 14.5. The number of piperidine rings is 1. The lowest BCUT2D eigenvalue weighted by molar-refractivity contribution is -0.121. The second-order valence-corrected chi connectivity index (χ2v) is 7.82. The first-order valence-electron chi connectivity index (χ1n) is 10.6. The van der Waals surface area contributed by atoms with Crippen LogP contribution in [0.5, 0.6) is 0 Å². The van der Waals surface area contributed by atoms with Crippen LogP contribution in [0.4, 0.5) is 5.69 Å². The maximum Gasteiger partial charge on any atom is 0.253 e. The fourth-order valence-electron chi connectivity index (χ4n) is 3.82. The number of anilines is 1. The fraction of sp³-hybridized carbons (Fsp3) is 0.333. The van der Waals surface area contributed by atoms with Gasteiger partial charge in [-0.05, 0) is 49.1 Å². The summed E-state index contributed by atoms with van der Waals surface area (Å²) in [5.74, 6) is 0.927. The van der Waals surface area contributed by atoms with Gasteiger partial charge in [0.05, 0.1) is 0 Å². The van der Waals surface area contributed by atoms with Gasteiger partial charge in [0.15, 0.2) is 0 Å². The zero-order valence-corrected chi connectivity index (χ0v) is 17.8. The summed E-state index contributed by atoms with van der Waals surface area (Å²) in [5, 5.41) is 6.92. The molecule has 1 saturated heterocycles. The third kappa shape index (κ3) is 4.82. The summed E-state index contributed by atoms with van der Waals surface area (Å²) in [4.78, 5) is 31.5. The highest BCUT2D eigenvalue weighted by Crippen LogP contribution is 2.23. The number of rotatable bonds is 5. The van der Waals surface area contributed by atoms with Crippen LogP contribution in [0.3, 0.4) is 0 Å². The summed E-state index contributed by atoms with van der Waals surface area (Å²) in [6, 6.07) is 15.1. The molecule has 0 unspecified atom stereocenters. The molecule has 31 heavy (non-hydrogen) atoms. The third-order valence-electron chi connectivity index (χ3n) is 5.67. The molecule has 7 heteroatoms. The van der Waals surface area contributed by atoms with Gasteiger partial charge < -0.3 is 14.7 Å². The fourth-order valence-corrected chi connectivity index (χ4v) is 3.82. The number of hydrogen-bond acceptors (Lipinski definition) is 5. The van der Waals surface area contributed by atoms with Crippen LogP contribution in [0, 0.1) is 12.8 Å². The Kier molecular flexibility index (Phi) is 6.11. The van der Waals surface area contributed by atoms with E-state index in [0.29, 0.717) is 43.2 Å². The number of aryl methyl sites for hydroxylation is 2. The first kappa shape index (κ1) is 20.8. The summed E-state index contributed by atoms with van der Waals surface area (Å²) in [6.45, 7) is 4.96. The van der Waals surface area contributed by atoms with E-state index in [9.17, 15) is 9.59 Å². The van der Waals surface area contributed by atoms with Gasteiger partial charge in [-0.25, -0.2) is 0 Å². The highest BCUT2D eigenvalue weighted by Gasteiger charge is 2.28. The summed E-state index contributed by atoms with van der Waals surface area (Å²) in [7, 11) is 0. The quantitative estimate of drug-likeness (QED) is 0.674. The van der Waals surface area contributed by atoms with Crippen molar-refractivity contribution >= 4 is 17.5 Å². The summed E-state index contributed by atoms with van der Waals surface area (Å²) < 4.78 is 5.00. The average Bonchev–Trinajstić information content (AvgIpc) is 3.25. The predicted molar refractivity (Wildman–Crippen MR) is 118 cm³/mol. The predicted octanol–water partition coefficient (Wildman–Crippen LogP) is 4.10. The van der Waals surface area contributed by atoms with Gasteiger partial charge in [-0.15, -0.1) is 0 Å². The van der Waals surface area contributed by atoms with Crippen LogP contribution in [0.25, 0.3) is 11.4 Å². The molecular formula is C24H26N4O3. The van der Waals surface area contributed by atoms with E-state index in [1.54, 1.807) is 19.1 Å². The van der Waals surface area contributed by atoms with Crippen LogP contribution in [-0.2, 0) is 11.2 Å². The Morgan fingerprint density at radius 1 is 1.13 bits per heavy atom. The van der Waals surface area contributed by atoms with Gasteiger partial charge >= 0.3 is 0 Å². The zero-order chi connectivity index (χ0) is 21.8. The monoisotopic (exact) mass is 418 g/mol. The Hall–Kier alpha value is -3.48. The van der Waals surface area contributed by atoms with Crippen molar-refractivity contribution in [3.63, 3.8) is 0 Å². The molecule has 3 aromatic rings. The number of carbonyl (C=O) groups is 2. The molecule has 2 aromatic carbocycles. The molecule has 1 fully saturated rings. The Bertz CT molecular complexity index is 1070. The minimum Gasteiger partial charge on any atom is -0.339 e. The first-order valence-corrected chi connectivity index (χ1v) is 10.6. The van der Waals surface area contributed by atoms with Crippen molar-refractivity contribution in [1.82, 2.24) is 15.0 Å². The largest absolute Gasteiger partial charge is 0.339 e. The molecule has 0 saturated carbocycles. The number of nitrogens with zero attached hydrogens (tertiary/aromatic N) is 3. The Balaban J connectivity index is 1.32. The Morgan fingerprint density at radius 3 is 2.52 bits per heavy atom. The number of carbonyl (C=O) groups excluding carboxylic acids is 2. The maximum atomic E-state index is 12.9. The van der Waals surface area contributed by atoms with E-state index in [2.05, 4.69) is 28.4 Å². The summed E-state index contributed by atoms with van der Waals surface area (Å²) in [6.07, 6.45) is 2.25. The van der Waals surface area contributed by atoms with Crippen LogP contribution in [0.15, 0.2) is 53.1 Å². The number of benzene rings is 2. The second kappa shape index (κ2) is 9.12. The van der Waals surface area contributed by atoms with Crippen LogP contribution in [-0.4, -0.2) is 39.9 Å². The number of hydrogen-bond donors (Lipinski definition) is 1. The Labute approximate surface area is 181 Å². The standard InChI is InChI=1S/C24H26N4O3/c1-3-17-5-4-6-21(15-17)26-23(29)19-11-13-28(14-12-19)24(30)20-9-7-18(8-10-20)22-25-16(2)31-27-22/h4-10,15,19H,3,11-14H2,1-2H3,(H,26,29). The van der Waals surface area contributed by atoms with Gasteiger partial charge in [-0.1, -0.05) is 36.3 Å². The molecule has 160 valence electrons. The molecule has 1 aromatic heterocycles. The van der Waals surface area contributed by atoms with Crippen molar-refractivity contribution in [3.8, 4) is 11.4 Å². The number of nitrogens with one attached hydrogen (secondary N) is 1. The zero-order valence-electron chi connectivity index (χ0n) is 17.8. The first-order chi connectivity index (χ1) is 15.0. The second-order valence-electron chi connectivity index (χ2n) is 7.82. The lowest BCUT2D eigenvalue weighted by atomic mass is 9.95. The summed E-state index contributed by atoms with van der Waals surface area (Å²) in [5.41, 5.74) is 3.44. The van der Waals surface area contributed by atoms with Crippen molar-refractivity contribution in [1.29, 1.82) is 0 Å². The molecule has 0 atom stereocenters. The lowest BCUT2D eigenvalue weighted by Crippen LogP contribution is -2.41. The van der Waals surface area contributed by atoms with Gasteiger partial charge in [0.2, 0.25) is 17.6 Å². The Morgan fingerprint density at radius 2 is 1.87 bits per heavy atom. The van der Waals surface area contributed by atoms with E-state index in [0.717, 1.165) is 17.7 Å². The van der Waals surface area contributed by atoms with Crippen molar-refractivity contribution in [2.75, 3.05) is 18.4 Å². The molecule has 0 spiro atoms. The molecule has 1 aliphatic rings. The van der Waals surface area contributed by atoms with Gasteiger partial charge in [-0.3, -0.25) is 9.59 Å². The highest BCUT2D eigenvalue weighted by molar-refractivity contribution is 5.95. The smallest absolute Gasteiger partial charge is 0.253 e. The highest BCUT2D eigenvalue weighted by atomic mass is 16.5. The molecule has 1 N–H and O–H groups in total. The minimum atomic E-state index is -0.0850. The van der Waals surface area contributed by atoms with Crippen LogP contribution in [0.2, 0.25) is 0 Å². The molecule has 0 bridgehead atoms. The topological polar surface area (TPSA) is 88.3 Å². The number of amides is 2. The molecule has 0 aliphatic carbocycles. The van der Waals surface area contributed by atoms with Crippen LogP contribution in [0.1, 0.15) is 41.6 Å². The van der Waals surface area contributed by atoms with E-state index in [-0.39, 0.29) is 17.7 Å². The van der Waals surface area contributed by atoms with E-state index in [1.165, 1.54) is 5.56 Å². The average molecular weight is 418 g/mol. The molecule has 0 radical (unpaired) electrons. The molecular weight excluding hydrogens is 392 g/mol. The van der Waals surface area contributed by atoms with Crippen molar-refractivity contribution in [2.24, 2.45) is 5.92 Å². The van der Waals surface area contributed by atoms with Crippen molar-refractivity contribution < 1.29 is 14.1 Å².